The van der Waals surface area contributed by atoms with Crippen LogP contribution in [0, 0.1) is 6.92 Å². The molecular formula is C12H16F3NO3S. The van der Waals surface area contributed by atoms with Crippen molar-refractivity contribution in [2.45, 2.75) is 31.0 Å². The molecule has 20 heavy (non-hydrogen) atoms. The van der Waals surface area contributed by atoms with Gasteiger partial charge in [-0.2, -0.15) is 13.2 Å². The smallest absolute Gasteiger partial charge is 0.390 e. The molecule has 1 N–H and O–H groups in total. The minimum absolute atomic E-state index is 0.0891. The van der Waals surface area contributed by atoms with Crippen molar-refractivity contribution in [2.24, 2.45) is 0 Å². The summed E-state index contributed by atoms with van der Waals surface area (Å²) in [4.78, 5) is -0.0891. The van der Waals surface area contributed by atoms with Crippen LogP contribution in [0.5, 0.6) is 0 Å². The van der Waals surface area contributed by atoms with Crippen molar-refractivity contribution in [2.75, 3.05) is 13.6 Å². The van der Waals surface area contributed by atoms with E-state index in [4.69, 9.17) is 5.11 Å². The fourth-order valence-electron chi connectivity index (χ4n) is 1.68. The second-order valence-electron chi connectivity index (χ2n) is 4.39. The maximum atomic E-state index is 12.2. The van der Waals surface area contributed by atoms with Crippen LogP contribution in [0.4, 0.5) is 13.2 Å². The Hall–Kier alpha value is -1.12. The second-order valence-corrected chi connectivity index (χ2v) is 6.40. The first-order valence-corrected chi connectivity index (χ1v) is 7.26. The minimum atomic E-state index is -4.41. The van der Waals surface area contributed by atoms with E-state index in [0.29, 0.717) is 15.4 Å². The van der Waals surface area contributed by atoms with Crippen LogP contribution in [0.1, 0.15) is 17.5 Å². The summed E-state index contributed by atoms with van der Waals surface area (Å²) in [7, 11) is -2.90. The molecule has 0 bridgehead atoms. The molecule has 4 nitrogen and oxygen atoms in total. The molecule has 0 aliphatic carbocycles. The quantitative estimate of drug-likeness (QED) is 0.905. The lowest BCUT2D eigenvalue weighted by molar-refractivity contribution is -0.135. The molecule has 0 spiro atoms. The average Bonchev–Trinajstić information content (AvgIpc) is 2.35. The van der Waals surface area contributed by atoms with E-state index in [9.17, 15) is 21.6 Å². The number of hydrogen-bond acceptors (Lipinski definition) is 3. The highest BCUT2D eigenvalue weighted by Crippen LogP contribution is 2.24. The zero-order valence-corrected chi connectivity index (χ0v) is 11.9. The fraction of sp³-hybridized carbons (Fsp3) is 0.500. The van der Waals surface area contributed by atoms with E-state index in [-0.39, 0.29) is 11.5 Å². The molecule has 0 unspecified atom stereocenters. The van der Waals surface area contributed by atoms with Gasteiger partial charge in [0, 0.05) is 13.6 Å². The largest absolute Gasteiger partial charge is 0.392 e. The van der Waals surface area contributed by atoms with Gasteiger partial charge in [0.15, 0.2) is 0 Å². The van der Waals surface area contributed by atoms with Gasteiger partial charge in [0.2, 0.25) is 10.0 Å². The van der Waals surface area contributed by atoms with Gasteiger partial charge in [-0.3, -0.25) is 0 Å². The normalized spacial score (nSPS) is 12.9. The van der Waals surface area contributed by atoms with Crippen LogP contribution >= 0.6 is 0 Å². The molecule has 1 aromatic carbocycles. The van der Waals surface area contributed by atoms with Crippen molar-refractivity contribution in [1.82, 2.24) is 4.31 Å². The Kier molecular flexibility index (Phi) is 5.17. The minimum Gasteiger partial charge on any atom is -0.392 e. The summed E-state index contributed by atoms with van der Waals surface area (Å²) >= 11 is 0. The third-order valence-corrected chi connectivity index (χ3v) is 4.97. The molecule has 0 atom stereocenters. The Morgan fingerprint density at radius 1 is 1.30 bits per heavy atom. The highest BCUT2D eigenvalue weighted by atomic mass is 32.2. The van der Waals surface area contributed by atoms with Gasteiger partial charge in [-0.15, -0.1) is 0 Å². The summed E-state index contributed by atoms with van der Waals surface area (Å²) in [5.41, 5.74) is 0.768. The molecule has 0 radical (unpaired) electrons. The molecule has 0 aliphatic rings. The van der Waals surface area contributed by atoms with Gasteiger partial charge >= 0.3 is 6.18 Å². The van der Waals surface area contributed by atoms with E-state index in [1.807, 2.05) is 0 Å². The Morgan fingerprint density at radius 3 is 2.40 bits per heavy atom. The molecule has 0 heterocycles. The van der Waals surface area contributed by atoms with Crippen LogP contribution in [-0.2, 0) is 16.6 Å². The van der Waals surface area contributed by atoms with Crippen LogP contribution in [0.15, 0.2) is 23.1 Å². The molecule has 114 valence electrons. The predicted octanol–water partition coefficient (Wildman–Crippen LogP) is 2.06. The lowest BCUT2D eigenvalue weighted by Crippen LogP contribution is -2.31. The van der Waals surface area contributed by atoms with E-state index < -0.39 is 29.2 Å². The molecule has 0 amide bonds. The highest BCUT2D eigenvalue weighted by Gasteiger charge is 2.31. The molecule has 0 saturated carbocycles. The van der Waals surface area contributed by atoms with Crippen molar-refractivity contribution >= 4 is 10.0 Å². The fourth-order valence-corrected chi connectivity index (χ4v) is 3.12. The average molecular weight is 311 g/mol. The monoisotopic (exact) mass is 311 g/mol. The number of aliphatic hydroxyl groups excluding tert-OH is 1. The number of benzene rings is 1. The predicted molar refractivity (Wildman–Crippen MR) is 67.6 cm³/mol. The van der Waals surface area contributed by atoms with Gasteiger partial charge in [-0.1, -0.05) is 12.1 Å². The Bertz CT molecular complexity index is 570. The Labute approximate surface area is 115 Å². The van der Waals surface area contributed by atoms with Gasteiger partial charge in [-0.05, 0) is 24.1 Å². The topological polar surface area (TPSA) is 57.6 Å². The number of hydrogen-bond donors (Lipinski definition) is 1. The van der Waals surface area contributed by atoms with Crippen molar-refractivity contribution in [3.05, 3.63) is 29.3 Å². The zero-order valence-electron chi connectivity index (χ0n) is 11.1. The van der Waals surface area contributed by atoms with Crippen LogP contribution in [-0.4, -0.2) is 37.6 Å². The lowest BCUT2D eigenvalue weighted by Gasteiger charge is -2.20. The summed E-state index contributed by atoms with van der Waals surface area (Å²) in [6.45, 7) is 0.534. The maximum absolute atomic E-state index is 12.2. The molecule has 1 aromatic rings. The van der Waals surface area contributed by atoms with Gasteiger partial charge in [0.25, 0.3) is 0 Å². The maximum Gasteiger partial charge on any atom is 0.390 e. The first-order chi connectivity index (χ1) is 9.09. The van der Waals surface area contributed by atoms with Gasteiger partial charge in [0.1, 0.15) is 0 Å². The molecule has 0 saturated heterocycles. The zero-order chi connectivity index (χ0) is 15.6. The standard InChI is InChI=1S/C12H16F3NO3S/c1-9-10(8-17)4-3-5-11(9)20(18,19)16(2)7-6-12(13,14)15/h3-5,17H,6-8H2,1-2H3. The van der Waals surface area contributed by atoms with Crippen molar-refractivity contribution in [3.8, 4) is 0 Å². The molecule has 0 aromatic heterocycles. The number of nitrogens with zero attached hydrogens (tertiary/aromatic N) is 1. The molecule has 0 fully saturated rings. The van der Waals surface area contributed by atoms with Crippen LogP contribution in [0.2, 0.25) is 0 Å². The number of alkyl halides is 3. The SMILES string of the molecule is Cc1c(CO)cccc1S(=O)(=O)N(C)CCC(F)(F)F. The molecule has 1 rings (SSSR count). The van der Waals surface area contributed by atoms with Crippen LogP contribution < -0.4 is 0 Å². The van der Waals surface area contributed by atoms with Crippen molar-refractivity contribution < 1.29 is 26.7 Å². The summed E-state index contributed by atoms with van der Waals surface area (Å²) in [5, 5.41) is 9.10. The first kappa shape index (κ1) is 16.9. The summed E-state index contributed by atoms with van der Waals surface area (Å²) in [6.07, 6.45) is -5.62. The van der Waals surface area contributed by atoms with Crippen molar-refractivity contribution in [3.63, 3.8) is 0 Å². The third-order valence-electron chi connectivity index (χ3n) is 2.97. The van der Waals surface area contributed by atoms with E-state index in [1.54, 1.807) is 6.07 Å². The van der Waals surface area contributed by atoms with Gasteiger partial charge < -0.3 is 5.11 Å². The van der Waals surface area contributed by atoms with Crippen LogP contribution in [0.3, 0.4) is 0 Å². The number of sulfonamides is 1. The van der Waals surface area contributed by atoms with Gasteiger partial charge in [-0.25, -0.2) is 12.7 Å². The molecule has 8 heteroatoms. The van der Waals surface area contributed by atoms with E-state index in [1.165, 1.54) is 19.1 Å². The van der Waals surface area contributed by atoms with Gasteiger partial charge in [0.05, 0.1) is 17.9 Å². The summed E-state index contributed by atoms with van der Waals surface area (Å²) in [5.74, 6) is 0. The summed E-state index contributed by atoms with van der Waals surface area (Å²) < 4.78 is 61.6. The first-order valence-electron chi connectivity index (χ1n) is 5.82. The number of rotatable bonds is 5. The highest BCUT2D eigenvalue weighted by molar-refractivity contribution is 7.89. The summed E-state index contributed by atoms with van der Waals surface area (Å²) in [6, 6.07) is 4.32. The second kappa shape index (κ2) is 6.11. The van der Waals surface area contributed by atoms with Crippen LogP contribution in [0.25, 0.3) is 0 Å². The van der Waals surface area contributed by atoms with E-state index in [2.05, 4.69) is 0 Å². The van der Waals surface area contributed by atoms with E-state index in [0.717, 1.165) is 7.05 Å². The van der Waals surface area contributed by atoms with E-state index >= 15 is 0 Å². The Morgan fingerprint density at radius 2 is 1.90 bits per heavy atom. The Balaban J connectivity index is 3.05. The molecular weight excluding hydrogens is 295 g/mol. The van der Waals surface area contributed by atoms with Crippen molar-refractivity contribution in [1.29, 1.82) is 0 Å². The number of halogens is 3. The molecule has 0 aliphatic heterocycles. The number of aliphatic hydroxyl groups is 1. The third kappa shape index (κ3) is 3.94. The lowest BCUT2D eigenvalue weighted by atomic mass is 10.1.